The summed E-state index contributed by atoms with van der Waals surface area (Å²) in [5.41, 5.74) is 0.860. The maximum Gasteiger partial charge on any atom is 0.276 e. The fourth-order valence-electron chi connectivity index (χ4n) is 5.20. The average Bonchev–Trinajstić information content (AvgIpc) is 3.66. The SMILES string of the molecule is Cc1oc(S(=O)(=O)N2CCCC2)cc1C(=O)NC(Cc1ccc(Br)cc1)C(=O)N1CCC2OCC(=O)C21. The Morgan fingerprint density at radius 2 is 1.86 bits per heavy atom. The standard InChI is InChI=1S/C25H28BrN3O7S/c1-15-18(13-22(36-15)37(33,34)28-9-2-3-10-28)24(31)27-19(12-16-4-6-17(26)7-5-16)25(32)29-11-8-21-23(29)20(30)14-35-21/h4-7,13,19,21,23H,2-3,8-12,14H2,1H3,(H,27,31). The summed E-state index contributed by atoms with van der Waals surface area (Å²) >= 11 is 3.39. The molecule has 37 heavy (non-hydrogen) atoms. The van der Waals surface area contributed by atoms with Gasteiger partial charge in [-0.3, -0.25) is 14.4 Å². The first-order chi connectivity index (χ1) is 17.6. The van der Waals surface area contributed by atoms with E-state index in [9.17, 15) is 22.8 Å². The van der Waals surface area contributed by atoms with E-state index in [1.807, 2.05) is 24.3 Å². The predicted molar refractivity (Wildman–Crippen MR) is 135 cm³/mol. The highest BCUT2D eigenvalue weighted by Crippen LogP contribution is 2.29. The van der Waals surface area contributed by atoms with E-state index in [1.165, 1.54) is 22.2 Å². The van der Waals surface area contributed by atoms with E-state index in [-0.39, 0.29) is 47.2 Å². The summed E-state index contributed by atoms with van der Waals surface area (Å²) in [4.78, 5) is 40.9. The summed E-state index contributed by atoms with van der Waals surface area (Å²) in [7, 11) is -3.84. The molecule has 3 fully saturated rings. The number of nitrogens with zero attached hydrogens (tertiary/aromatic N) is 2. The van der Waals surface area contributed by atoms with Crippen molar-refractivity contribution in [1.29, 1.82) is 0 Å². The Labute approximate surface area is 223 Å². The fourth-order valence-corrected chi connectivity index (χ4v) is 6.95. The molecule has 3 atom stereocenters. The van der Waals surface area contributed by atoms with Gasteiger partial charge >= 0.3 is 0 Å². The van der Waals surface area contributed by atoms with Crippen LogP contribution in [0.25, 0.3) is 0 Å². The molecule has 10 nitrogen and oxygen atoms in total. The zero-order chi connectivity index (χ0) is 26.3. The lowest BCUT2D eigenvalue weighted by atomic mass is 10.0. The molecule has 0 saturated carbocycles. The van der Waals surface area contributed by atoms with Gasteiger partial charge in [0.05, 0.1) is 11.7 Å². The number of aryl methyl sites for hydroxylation is 1. The fraction of sp³-hybridized carbons (Fsp3) is 0.480. The number of furan rings is 1. The molecule has 0 bridgehead atoms. The molecule has 2 aromatic rings. The summed E-state index contributed by atoms with van der Waals surface area (Å²) in [5, 5.41) is 2.49. The third-order valence-electron chi connectivity index (χ3n) is 7.15. The number of nitrogens with one attached hydrogen (secondary N) is 1. The summed E-state index contributed by atoms with van der Waals surface area (Å²) < 4.78 is 39.1. The number of amides is 2. The van der Waals surface area contributed by atoms with E-state index in [4.69, 9.17) is 9.15 Å². The first-order valence-electron chi connectivity index (χ1n) is 12.3. The van der Waals surface area contributed by atoms with Gasteiger partial charge in [0, 0.05) is 36.6 Å². The van der Waals surface area contributed by atoms with Gasteiger partial charge in [0.25, 0.3) is 15.9 Å². The van der Waals surface area contributed by atoms with Crippen molar-refractivity contribution in [2.45, 2.75) is 55.9 Å². The number of hydrogen-bond acceptors (Lipinski definition) is 7. The Hall–Kier alpha value is -2.54. The topological polar surface area (TPSA) is 126 Å². The van der Waals surface area contributed by atoms with Gasteiger partial charge in [-0.2, -0.15) is 4.31 Å². The van der Waals surface area contributed by atoms with Crippen molar-refractivity contribution >= 4 is 43.6 Å². The largest absolute Gasteiger partial charge is 0.448 e. The monoisotopic (exact) mass is 593 g/mol. The molecule has 1 N–H and O–H groups in total. The Morgan fingerprint density at radius 3 is 2.57 bits per heavy atom. The van der Waals surface area contributed by atoms with Gasteiger partial charge in [-0.25, -0.2) is 8.42 Å². The summed E-state index contributed by atoms with van der Waals surface area (Å²) in [5.74, 6) is -1.00. The van der Waals surface area contributed by atoms with Crippen molar-refractivity contribution in [2.75, 3.05) is 26.2 Å². The highest BCUT2D eigenvalue weighted by molar-refractivity contribution is 9.10. The van der Waals surface area contributed by atoms with Crippen molar-refractivity contribution in [3.8, 4) is 0 Å². The normalized spacial score (nSPS) is 22.9. The van der Waals surface area contributed by atoms with E-state index in [1.54, 1.807) is 0 Å². The smallest absolute Gasteiger partial charge is 0.276 e. The number of ketones is 1. The Balaban J connectivity index is 1.39. The number of benzene rings is 1. The lowest BCUT2D eigenvalue weighted by molar-refractivity contribution is -0.138. The van der Waals surface area contributed by atoms with Crippen LogP contribution >= 0.6 is 15.9 Å². The molecule has 198 valence electrons. The van der Waals surface area contributed by atoms with E-state index < -0.39 is 28.0 Å². The highest BCUT2D eigenvalue weighted by Gasteiger charge is 2.48. The number of sulfonamides is 1. The van der Waals surface area contributed by atoms with Crippen LogP contribution in [0.4, 0.5) is 0 Å². The first kappa shape index (κ1) is 26.1. The van der Waals surface area contributed by atoms with Crippen molar-refractivity contribution in [3.05, 3.63) is 51.7 Å². The molecule has 4 heterocycles. The molecule has 12 heteroatoms. The molecule has 3 aliphatic rings. The third kappa shape index (κ3) is 5.12. The zero-order valence-corrected chi connectivity index (χ0v) is 22.7. The van der Waals surface area contributed by atoms with Crippen LogP contribution in [0, 0.1) is 6.92 Å². The van der Waals surface area contributed by atoms with Gasteiger partial charge in [0.2, 0.25) is 11.0 Å². The Kier molecular flexibility index (Phi) is 7.27. The number of halogens is 1. The molecular weight excluding hydrogens is 566 g/mol. The van der Waals surface area contributed by atoms with Gasteiger partial charge in [0.15, 0.2) is 5.78 Å². The molecule has 0 radical (unpaired) electrons. The Morgan fingerprint density at radius 1 is 1.16 bits per heavy atom. The van der Waals surface area contributed by atoms with Crippen molar-refractivity contribution in [2.24, 2.45) is 0 Å². The van der Waals surface area contributed by atoms with Crippen LogP contribution in [0.3, 0.4) is 0 Å². The minimum atomic E-state index is -3.84. The molecule has 2 amide bonds. The van der Waals surface area contributed by atoms with E-state index in [2.05, 4.69) is 21.2 Å². The number of hydrogen-bond donors (Lipinski definition) is 1. The number of carbonyl (C=O) groups is 3. The van der Waals surface area contributed by atoms with E-state index in [0.717, 1.165) is 22.9 Å². The van der Waals surface area contributed by atoms with E-state index >= 15 is 0 Å². The molecule has 1 aromatic heterocycles. The number of rotatable bonds is 7. The van der Waals surface area contributed by atoms with Gasteiger partial charge in [-0.05, 0) is 43.9 Å². The average molecular weight is 594 g/mol. The van der Waals surface area contributed by atoms with Gasteiger partial charge in [-0.1, -0.05) is 28.1 Å². The predicted octanol–water partition coefficient (Wildman–Crippen LogP) is 2.04. The molecule has 3 unspecified atom stereocenters. The Bertz CT molecular complexity index is 1320. The van der Waals surface area contributed by atoms with Crippen molar-refractivity contribution < 1.29 is 32.0 Å². The lowest BCUT2D eigenvalue weighted by Gasteiger charge is -2.27. The highest BCUT2D eigenvalue weighted by atomic mass is 79.9. The summed E-state index contributed by atoms with van der Waals surface area (Å²) in [6, 6.07) is 6.97. The zero-order valence-electron chi connectivity index (χ0n) is 20.3. The number of Topliss-reactive ketones (excluding diaryl/α,β-unsaturated/α-hetero) is 1. The molecule has 3 saturated heterocycles. The quantitative estimate of drug-likeness (QED) is 0.520. The van der Waals surface area contributed by atoms with Crippen molar-refractivity contribution in [3.63, 3.8) is 0 Å². The maximum absolute atomic E-state index is 13.7. The first-order valence-corrected chi connectivity index (χ1v) is 14.5. The van der Waals surface area contributed by atoms with Gasteiger partial charge < -0.3 is 19.4 Å². The molecule has 0 aliphatic carbocycles. The van der Waals surface area contributed by atoms with Crippen LogP contribution in [0.15, 0.2) is 44.3 Å². The van der Waals surface area contributed by atoms with E-state index in [0.29, 0.717) is 26.1 Å². The van der Waals surface area contributed by atoms with Crippen LogP contribution in [-0.2, 0) is 30.8 Å². The minimum Gasteiger partial charge on any atom is -0.448 e. The van der Waals surface area contributed by atoms with Gasteiger partial charge in [-0.15, -0.1) is 0 Å². The third-order valence-corrected chi connectivity index (χ3v) is 9.43. The number of likely N-dealkylation sites (tertiary alicyclic amines) is 1. The number of carbonyl (C=O) groups excluding carboxylic acids is 3. The summed E-state index contributed by atoms with van der Waals surface area (Å²) in [6.07, 6.45) is 1.97. The van der Waals surface area contributed by atoms with Crippen LogP contribution in [0.1, 0.15) is 40.9 Å². The number of fused-ring (bicyclic) bond motifs is 1. The minimum absolute atomic E-state index is 0.0225. The lowest BCUT2D eigenvalue weighted by Crippen LogP contribution is -2.53. The second-order valence-corrected chi connectivity index (χ2v) is 12.4. The molecule has 5 rings (SSSR count). The molecule has 1 aromatic carbocycles. The second-order valence-electron chi connectivity index (χ2n) is 9.58. The molecular formula is C25H28BrN3O7S. The maximum atomic E-state index is 13.7. The second kappa shape index (κ2) is 10.3. The van der Waals surface area contributed by atoms with Gasteiger partial charge in [0.1, 0.15) is 24.5 Å². The number of ether oxygens (including phenoxy) is 1. The summed E-state index contributed by atoms with van der Waals surface area (Å²) in [6.45, 7) is 2.67. The van der Waals surface area contributed by atoms with Crippen LogP contribution in [0.5, 0.6) is 0 Å². The van der Waals surface area contributed by atoms with Crippen LogP contribution in [-0.4, -0.2) is 79.6 Å². The van der Waals surface area contributed by atoms with Crippen LogP contribution in [0.2, 0.25) is 0 Å². The van der Waals surface area contributed by atoms with Crippen molar-refractivity contribution in [1.82, 2.24) is 14.5 Å². The molecule has 3 aliphatic heterocycles. The van der Waals surface area contributed by atoms with Crippen LogP contribution < -0.4 is 5.32 Å². The molecule has 0 spiro atoms.